The van der Waals surface area contributed by atoms with Crippen molar-refractivity contribution in [2.24, 2.45) is 0 Å². The fraction of sp³-hybridized carbons (Fsp3) is 0.650. The van der Waals surface area contributed by atoms with Gasteiger partial charge in [-0.2, -0.15) is 0 Å². The molecule has 146 valence electrons. The molecule has 7 nitrogen and oxygen atoms in total. The van der Waals surface area contributed by atoms with Crippen LogP contribution in [0.25, 0.3) is 0 Å². The normalized spacial score (nSPS) is 23.0. The summed E-state index contributed by atoms with van der Waals surface area (Å²) in [6, 6.07) is 8.88. The average Bonchev–Trinajstić information content (AvgIpc) is 3.37. The van der Waals surface area contributed by atoms with Crippen molar-refractivity contribution in [2.45, 2.75) is 45.4 Å². The molecule has 0 N–H and O–H groups in total. The van der Waals surface area contributed by atoms with Crippen molar-refractivity contribution < 1.29 is 4.74 Å². The molecule has 0 amide bonds. The van der Waals surface area contributed by atoms with Crippen LogP contribution in [-0.4, -0.2) is 75.4 Å². The maximum absolute atomic E-state index is 5.82. The molecule has 2 saturated heterocycles. The van der Waals surface area contributed by atoms with Crippen LogP contribution in [0, 0.1) is 6.92 Å². The highest BCUT2D eigenvalue weighted by Crippen LogP contribution is 2.29. The maximum atomic E-state index is 5.82. The first-order chi connectivity index (χ1) is 13.2. The Morgan fingerprint density at radius 2 is 1.93 bits per heavy atom. The van der Waals surface area contributed by atoms with Crippen molar-refractivity contribution in [2.75, 3.05) is 39.3 Å². The predicted octanol–water partition coefficient (Wildman–Crippen LogP) is 1.89. The van der Waals surface area contributed by atoms with Crippen molar-refractivity contribution in [1.29, 1.82) is 0 Å². The van der Waals surface area contributed by atoms with Crippen LogP contribution in [0.2, 0.25) is 0 Å². The molecule has 1 aromatic heterocycles. The monoisotopic (exact) mass is 370 g/mol. The van der Waals surface area contributed by atoms with Crippen LogP contribution in [0.1, 0.15) is 42.8 Å². The van der Waals surface area contributed by atoms with Gasteiger partial charge in [0.15, 0.2) is 5.82 Å². The number of nitrogens with zero attached hydrogens (tertiary/aromatic N) is 6. The summed E-state index contributed by atoms with van der Waals surface area (Å²) in [6.45, 7) is 11.3. The lowest BCUT2D eigenvalue weighted by molar-refractivity contribution is 0.0861. The molecule has 0 bridgehead atoms. The smallest absolute Gasteiger partial charge is 0.173 e. The Kier molecular flexibility index (Phi) is 5.80. The van der Waals surface area contributed by atoms with Gasteiger partial charge in [-0.15, -0.1) is 5.10 Å². The number of aryl methyl sites for hydroxylation is 1. The highest BCUT2D eigenvalue weighted by Gasteiger charge is 2.31. The van der Waals surface area contributed by atoms with Gasteiger partial charge < -0.3 is 9.64 Å². The molecule has 0 aliphatic carbocycles. The number of hydrogen-bond donors (Lipinski definition) is 0. The number of piperazine rings is 1. The largest absolute Gasteiger partial charge is 0.376 e. The summed E-state index contributed by atoms with van der Waals surface area (Å²) < 4.78 is 7.78. The molecule has 2 atom stereocenters. The third-order valence-corrected chi connectivity index (χ3v) is 5.82. The van der Waals surface area contributed by atoms with E-state index in [2.05, 4.69) is 63.4 Å². The van der Waals surface area contributed by atoms with E-state index in [0.717, 1.165) is 64.5 Å². The van der Waals surface area contributed by atoms with Gasteiger partial charge in [-0.25, -0.2) is 4.68 Å². The number of likely N-dealkylation sites (N-methyl/N-ethyl adjacent to an activating group) is 1. The van der Waals surface area contributed by atoms with Gasteiger partial charge in [0.25, 0.3) is 0 Å². The van der Waals surface area contributed by atoms with E-state index >= 15 is 0 Å². The van der Waals surface area contributed by atoms with Gasteiger partial charge in [-0.1, -0.05) is 36.8 Å². The zero-order chi connectivity index (χ0) is 18.6. The average molecular weight is 371 g/mol. The van der Waals surface area contributed by atoms with E-state index in [0.29, 0.717) is 0 Å². The van der Waals surface area contributed by atoms with Crippen molar-refractivity contribution in [1.82, 2.24) is 30.0 Å². The Morgan fingerprint density at radius 3 is 2.59 bits per heavy atom. The first-order valence-electron chi connectivity index (χ1n) is 10.1. The molecule has 0 saturated carbocycles. The lowest BCUT2D eigenvalue weighted by atomic mass is 10.0. The molecule has 27 heavy (non-hydrogen) atoms. The molecule has 2 aromatic rings. The van der Waals surface area contributed by atoms with E-state index in [1.54, 1.807) is 0 Å². The minimum absolute atomic E-state index is 0.0843. The Hall–Kier alpha value is -1.83. The van der Waals surface area contributed by atoms with Gasteiger partial charge in [-0.05, 0) is 42.3 Å². The Bertz CT molecular complexity index is 716. The Morgan fingerprint density at radius 1 is 1.15 bits per heavy atom. The SMILES string of the molecule is CCN1CCN([C@H](c2ccc(C)cc2)c2nnnn2C[C@@H]2CCCO2)CC1. The molecule has 4 rings (SSSR count). The summed E-state index contributed by atoms with van der Waals surface area (Å²) in [5.74, 6) is 0.930. The van der Waals surface area contributed by atoms with Gasteiger partial charge >= 0.3 is 0 Å². The van der Waals surface area contributed by atoms with Crippen LogP contribution in [0.15, 0.2) is 24.3 Å². The molecular formula is C20H30N6O. The van der Waals surface area contributed by atoms with Crippen molar-refractivity contribution >= 4 is 0 Å². The van der Waals surface area contributed by atoms with E-state index in [1.807, 2.05) is 4.68 Å². The number of benzene rings is 1. The van der Waals surface area contributed by atoms with E-state index in [4.69, 9.17) is 4.74 Å². The summed E-state index contributed by atoms with van der Waals surface area (Å²) in [7, 11) is 0. The number of aromatic nitrogens is 4. The fourth-order valence-electron chi connectivity index (χ4n) is 4.13. The highest BCUT2D eigenvalue weighted by molar-refractivity contribution is 5.28. The summed E-state index contributed by atoms with van der Waals surface area (Å²) in [5, 5.41) is 12.8. The lowest BCUT2D eigenvalue weighted by Crippen LogP contribution is -2.48. The summed E-state index contributed by atoms with van der Waals surface area (Å²) in [4.78, 5) is 5.02. The second kappa shape index (κ2) is 8.46. The second-order valence-electron chi connectivity index (χ2n) is 7.64. The standard InChI is InChI=1S/C20H30N6O/c1-3-24-10-12-25(13-11-24)19(17-8-6-16(2)7-9-17)20-21-22-23-26(20)15-18-5-4-14-27-18/h6-9,18-19H,3-5,10-15H2,1-2H3/t18-,19+/m0/s1. The number of hydrogen-bond acceptors (Lipinski definition) is 6. The first-order valence-corrected chi connectivity index (χ1v) is 10.1. The van der Waals surface area contributed by atoms with Gasteiger partial charge in [0.2, 0.25) is 0 Å². The highest BCUT2D eigenvalue weighted by atomic mass is 16.5. The molecule has 1 aromatic carbocycles. The van der Waals surface area contributed by atoms with Gasteiger partial charge in [0.1, 0.15) is 0 Å². The molecular weight excluding hydrogens is 340 g/mol. The van der Waals surface area contributed by atoms with Gasteiger partial charge in [0, 0.05) is 32.8 Å². The van der Waals surface area contributed by atoms with E-state index in [-0.39, 0.29) is 12.1 Å². The molecule has 3 heterocycles. The summed E-state index contributed by atoms with van der Waals surface area (Å²) in [5.41, 5.74) is 2.53. The third-order valence-electron chi connectivity index (χ3n) is 5.82. The first kappa shape index (κ1) is 18.5. The van der Waals surface area contributed by atoms with Crippen LogP contribution in [0.5, 0.6) is 0 Å². The second-order valence-corrected chi connectivity index (χ2v) is 7.64. The fourth-order valence-corrected chi connectivity index (χ4v) is 4.13. The van der Waals surface area contributed by atoms with Crippen LogP contribution >= 0.6 is 0 Å². The summed E-state index contributed by atoms with van der Waals surface area (Å²) in [6.07, 6.45) is 2.44. The molecule has 0 radical (unpaired) electrons. The minimum Gasteiger partial charge on any atom is -0.376 e. The van der Waals surface area contributed by atoms with E-state index < -0.39 is 0 Å². The molecule has 2 fully saturated rings. The third kappa shape index (κ3) is 4.20. The Balaban J connectivity index is 1.62. The Labute approximate surface area is 161 Å². The summed E-state index contributed by atoms with van der Waals surface area (Å²) >= 11 is 0. The molecule has 0 unspecified atom stereocenters. The van der Waals surface area contributed by atoms with Crippen molar-refractivity contribution in [3.8, 4) is 0 Å². The van der Waals surface area contributed by atoms with E-state index in [1.165, 1.54) is 11.1 Å². The maximum Gasteiger partial charge on any atom is 0.173 e. The van der Waals surface area contributed by atoms with Crippen LogP contribution in [0.3, 0.4) is 0 Å². The number of tetrazole rings is 1. The molecule has 7 heteroatoms. The molecule has 2 aliphatic rings. The zero-order valence-electron chi connectivity index (χ0n) is 16.4. The van der Waals surface area contributed by atoms with E-state index in [9.17, 15) is 0 Å². The number of rotatable bonds is 6. The number of ether oxygens (including phenoxy) is 1. The predicted molar refractivity (Wildman–Crippen MR) is 104 cm³/mol. The topological polar surface area (TPSA) is 59.3 Å². The van der Waals surface area contributed by atoms with Gasteiger partial charge in [-0.3, -0.25) is 4.90 Å². The van der Waals surface area contributed by atoms with Crippen LogP contribution in [0.4, 0.5) is 0 Å². The van der Waals surface area contributed by atoms with Crippen LogP contribution < -0.4 is 0 Å². The van der Waals surface area contributed by atoms with Crippen molar-refractivity contribution in [3.63, 3.8) is 0 Å². The van der Waals surface area contributed by atoms with Crippen LogP contribution in [-0.2, 0) is 11.3 Å². The van der Waals surface area contributed by atoms with Crippen molar-refractivity contribution in [3.05, 3.63) is 41.2 Å². The molecule has 2 aliphatic heterocycles. The quantitative estimate of drug-likeness (QED) is 0.774. The lowest BCUT2D eigenvalue weighted by Gasteiger charge is -2.38. The zero-order valence-corrected chi connectivity index (χ0v) is 16.4. The van der Waals surface area contributed by atoms with Gasteiger partial charge in [0.05, 0.1) is 18.7 Å². The molecule has 0 spiro atoms. The minimum atomic E-state index is 0.0843.